The van der Waals surface area contributed by atoms with Crippen molar-refractivity contribution in [2.24, 2.45) is 0 Å². The van der Waals surface area contributed by atoms with E-state index in [1.807, 2.05) is 4.90 Å². The van der Waals surface area contributed by atoms with Gasteiger partial charge in [0.1, 0.15) is 5.84 Å². The largest absolute Gasteiger partial charge is 0.383 e. The number of anilines is 1. The zero-order valence-corrected chi connectivity index (χ0v) is 16.9. The summed E-state index contributed by atoms with van der Waals surface area (Å²) in [5.74, 6) is 0.598. The Balaban J connectivity index is 1.65. The van der Waals surface area contributed by atoms with Crippen LogP contribution in [0.5, 0.6) is 0 Å². The molecule has 1 saturated heterocycles. The predicted molar refractivity (Wildman–Crippen MR) is 111 cm³/mol. The molecular weight excluding hydrogens is 352 g/mol. The molecule has 150 valence electrons. The van der Waals surface area contributed by atoms with E-state index in [0.717, 1.165) is 55.8 Å². The normalized spacial score (nSPS) is 22.3. The lowest BCUT2D eigenvalue weighted by Crippen LogP contribution is -2.46. The van der Waals surface area contributed by atoms with Crippen LogP contribution >= 0.6 is 0 Å². The molecular formula is C22H30N4O2. The summed E-state index contributed by atoms with van der Waals surface area (Å²) >= 11 is 0. The number of hydrogen-bond acceptors (Lipinski definition) is 4. The van der Waals surface area contributed by atoms with Gasteiger partial charge in [-0.2, -0.15) is 0 Å². The number of fused-ring (bicyclic) bond motifs is 1. The van der Waals surface area contributed by atoms with Gasteiger partial charge in [0.15, 0.2) is 0 Å². The summed E-state index contributed by atoms with van der Waals surface area (Å²) in [5.41, 5.74) is 5.77. The Kier molecular flexibility index (Phi) is 5.40. The van der Waals surface area contributed by atoms with Gasteiger partial charge in [-0.3, -0.25) is 10.2 Å². The molecule has 1 atom stereocenters. The van der Waals surface area contributed by atoms with Crippen LogP contribution in [-0.4, -0.2) is 55.5 Å². The number of benzene rings is 1. The second kappa shape index (κ2) is 7.95. The van der Waals surface area contributed by atoms with Crippen molar-refractivity contribution in [2.75, 3.05) is 37.7 Å². The third-order valence-electron chi connectivity index (χ3n) is 6.01. The van der Waals surface area contributed by atoms with Gasteiger partial charge in [0.2, 0.25) is 5.91 Å². The number of amides is 1. The minimum Gasteiger partial charge on any atom is -0.383 e. The number of carbonyl (C=O) groups is 1. The fraction of sp³-hybridized carbons (Fsp3) is 0.545. The van der Waals surface area contributed by atoms with Crippen molar-refractivity contribution in [3.63, 3.8) is 0 Å². The Bertz CT molecular complexity index is 811. The lowest BCUT2D eigenvalue weighted by Gasteiger charge is -2.37. The number of nitrogens with one attached hydrogen (secondary N) is 2. The fourth-order valence-corrected chi connectivity index (χ4v) is 4.42. The van der Waals surface area contributed by atoms with Gasteiger partial charge < -0.3 is 19.9 Å². The lowest BCUT2D eigenvalue weighted by atomic mass is 9.97. The molecule has 0 spiro atoms. The molecule has 1 amide bonds. The first-order valence-electron chi connectivity index (χ1n) is 10.3. The van der Waals surface area contributed by atoms with E-state index in [1.165, 1.54) is 11.1 Å². The van der Waals surface area contributed by atoms with Crippen LogP contribution in [0.2, 0.25) is 0 Å². The average molecular weight is 383 g/mol. The van der Waals surface area contributed by atoms with Crippen molar-refractivity contribution in [3.05, 3.63) is 40.6 Å². The molecule has 0 aromatic heterocycles. The van der Waals surface area contributed by atoms with Gasteiger partial charge in [-0.25, -0.2) is 0 Å². The quantitative estimate of drug-likeness (QED) is 0.623. The number of nitrogens with zero attached hydrogens (tertiary/aromatic N) is 2. The summed E-state index contributed by atoms with van der Waals surface area (Å²) in [6, 6.07) is 6.80. The molecule has 0 saturated carbocycles. The van der Waals surface area contributed by atoms with Gasteiger partial charge in [-0.05, 0) is 37.8 Å². The van der Waals surface area contributed by atoms with Crippen LogP contribution in [0.1, 0.15) is 37.3 Å². The first kappa shape index (κ1) is 19.0. The molecule has 28 heavy (non-hydrogen) atoms. The number of amidine groups is 1. The first-order chi connectivity index (χ1) is 13.5. The van der Waals surface area contributed by atoms with Crippen molar-refractivity contribution in [2.45, 2.75) is 45.6 Å². The van der Waals surface area contributed by atoms with Crippen molar-refractivity contribution < 1.29 is 9.53 Å². The van der Waals surface area contributed by atoms with Crippen molar-refractivity contribution in [3.8, 4) is 0 Å². The molecule has 6 heteroatoms. The molecule has 1 aromatic rings. The van der Waals surface area contributed by atoms with Gasteiger partial charge in [-0.15, -0.1) is 0 Å². The maximum absolute atomic E-state index is 12.0. The van der Waals surface area contributed by atoms with Crippen LogP contribution in [0.4, 0.5) is 5.69 Å². The van der Waals surface area contributed by atoms with Crippen LogP contribution in [0.3, 0.4) is 0 Å². The minimum atomic E-state index is 0.0724. The Morgan fingerprint density at radius 2 is 2.14 bits per heavy atom. The molecule has 0 aliphatic carbocycles. The SMILES string of the molecule is CC(=O)N1CCC(N[C@H]2CCOC2)=C(C(=N)N2CCCc3cc(C)ccc32)C1. The van der Waals surface area contributed by atoms with Crippen LogP contribution < -0.4 is 10.2 Å². The van der Waals surface area contributed by atoms with Crippen LogP contribution in [0.25, 0.3) is 0 Å². The highest BCUT2D eigenvalue weighted by atomic mass is 16.5. The minimum absolute atomic E-state index is 0.0724. The molecule has 1 fully saturated rings. The van der Waals surface area contributed by atoms with Crippen molar-refractivity contribution in [1.82, 2.24) is 10.2 Å². The predicted octanol–water partition coefficient (Wildman–Crippen LogP) is 2.61. The highest BCUT2D eigenvalue weighted by molar-refractivity contribution is 6.09. The number of carbonyl (C=O) groups excluding carboxylic acids is 1. The summed E-state index contributed by atoms with van der Waals surface area (Å²) in [4.78, 5) is 16.0. The van der Waals surface area contributed by atoms with E-state index in [2.05, 4.69) is 35.3 Å². The van der Waals surface area contributed by atoms with Crippen LogP contribution in [0.15, 0.2) is 29.5 Å². The van der Waals surface area contributed by atoms with E-state index >= 15 is 0 Å². The van der Waals surface area contributed by atoms with Crippen molar-refractivity contribution in [1.29, 1.82) is 5.41 Å². The Labute approximate surface area is 167 Å². The van der Waals surface area contributed by atoms with Gasteiger partial charge >= 0.3 is 0 Å². The molecule has 3 aliphatic rings. The van der Waals surface area contributed by atoms with Gasteiger partial charge in [0.05, 0.1) is 19.2 Å². The molecule has 0 radical (unpaired) electrons. The fourth-order valence-electron chi connectivity index (χ4n) is 4.42. The van der Waals surface area contributed by atoms with E-state index in [1.54, 1.807) is 6.92 Å². The highest BCUT2D eigenvalue weighted by Gasteiger charge is 2.30. The Morgan fingerprint density at radius 1 is 1.29 bits per heavy atom. The molecule has 6 nitrogen and oxygen atoms in total. The molecule has 3 heterocycles. The zero-order chi connectivity index (χ0) is 19.7. The second-order valence-corrected chi connectivity index (χ2v) is 8.09. The van der Waals surface area contributed by atoms with Crippen molar-refractivity contribution >= 4 is 17.4 Å². The molecule has 0 bridgehead atoms. The first-order valence-corrected chi connectivity index (χ1v) is 10.3. The Hall–Kier alpha value is -2.34. The molecule has 3 aliphatic heterocycles. The number of rotatable bonds is 3. The maximum atomic E-state index is 12.0. The summed E-state index contributed by atoms with van der Waals surface area (Å²) in [6.07, 6.45) is 3.86. The molecule has 2 N–H and O–H groups in total. The topological polar surface area (TPSA) is 68.7 Å². The third kappa shape index (κ3) is 3.78. The molecule has 0 unspecified atom stereocenters. The smallest absolute Gasteiger partial charge is 0.219 e. The van der Waals surface area contributed by atoms with E-state index in [-0.39, 0.29) is 5.91 Å². The van der Waals surface area contributed by atoms with E-state index in [9.17, 15) is 4.79 Å². The highest BCUT2D eigenvalue weighted by Crippen LogP contribution is 2.31. The lowest BCUT2D eigenvalue weighted by molar-refractivity contribution is -0.128. The van der Waals surface area contributed by atoms with E-state index in [0.29, 0.717) is 31.6 Å². The summed E-state index contributed by atoms with van der Waals surface area (Å²) in [7, 11) is 0. The standard InChI is InChI=1S/C22H30N4O2/c1-15-5-6-21-17(12-15)4-3-9-26(21)22(23)19-13-25(16(2)27)10-7-20(19)24-18-8-11-28-14-18/h5-6,12,18,23-24H,3-4,7-11,13-14H2,1-2H3/t18-/m0/s1. The van der Waals surface area contributed by atoms with E-state index < -0.39 is 0 Å². The summed E-state index contributed by atoms with van der Waals surface area (Å²) in [6.45, 7) is 7.29. The third-order valence-corrected chi connectivity index (χ3v) is 6.01. The van der Waals surface area contributed by atoms with Gasteiger partial charge in [0, 0.05) is 50.0 Å². The van der Waals surface area contributed by atoms with Gasteiger partial charge in [-0.1, -0.05) is 17.7 Å². The summed E-state index contributed by atoms with van der Waals surface area (Å²) < 4.78 is 5.51. The monoisotopic (exact) mass is 382 g/mol. The molecule has 1 aromatic carbocycles. The van der Waals surface area contributed by atoms with Crippen LogP contribution in [0, 0.1) is 12.3 Å². The average Bonchev–Trinajstić information content (AvgIpc) is 3.20. The van der Waals surface area contributed by atoms with E-state index in [4.69, 9.17) is 10.1 Å². The maximum Gasteiger partial charge on any atom is 0.219 e. The summed E-state index contributed by atoms with van der Waals surface area (Å²) in [5, 5.41) is 12.7. The second-order valence-electron chi connectivity index (χ2n) is 8.09. The molecule has 4 rings (SSSR count). The number of ether oxygens (including phenoxy) is 1. The van der Waals surface area contributed by atoms with Crippen LogP contribution in [-0.2, 0) is 16.0 Å². The number of hydrogen-bond donors (Lipinski definition) is 2. The van der Waals surface area contributed by atoms with Gasteiger partial charge in [0.25, 0.3) is 0 Å². The Morgan fingerprint density at radius 3 is 2.89 bits per heavy atom. The number of aryl methyl sites for hydroxylation is 2. The zero-order valence-electron chi connectivity index (χ0n) is 16.9.